The molecule has 2 heterocycles. The first-order valence-electron chi connectivity index (χ1n) is 4.88. The molecule has 1 aromatic carbocycles. The van der Waals surface area contributed by atoms with Crippen LogP contribution in [0.5, 0.6) is 0 Å². The summed E-state index contributed by atoms with van der Waals surface area (Å²) < 4.78 is 7.77. The number of benzene rings is 1. The van der Waals surface area contributed by atoms with E-state index in [1.54, 1.807) is 24.1 Å². The molecule has 0 aliphatic carbocycles. The van der Waals surface area contributed by atoms with Gasteiger partial charge in [-0.2, -0.15) is 0 Å². The Morgan fingerprint density at radius 3 is 2.94 bits per heavy atom. The second kappa shape index (κ2) is 3.35. The molecule has 0 aliphatic heterocycles. The summed E-state index contributed by atoms with van der Waals surface area (Å²) >= 11 is 1.27. The van der Waals surface area contributed by atoms with Crippen molar-refractivity contribution >= 4 is 21.6 Å². The van der Waals surface area contributed by atoms with Gasteiger partial charge >= 0.3 is 4.87 Å². The van der Waals surface area contributed by atoms with Crippen LogP contribution in [0.4, 0.5) is 0 Å². The lowest BCUT2D eigenvalue weighted by molar-refractivity contribution is 0.568. The molecule has 0 N–H and O–H groups in total. The highest BCUT2D eigenvalue weighted by atomic mass is 32.1. The average molecular weight is 231 g/mol. The summed E-state index contributed by atoms with van der Waals surface area (Å²) in [5, 5.41) is 0. The number of furan rings is 1. The van der Waals surface area contributed by atoms with E-state index in [2.05, 4.69) is 0 Å². The Bertz CT molecular complexity index is 691. The van der Waals surface area contributed by atoms with Gasteiger partial charge in [0.1, 0.15) is 0 Å². The van der Waals surface area contributed by atoms with Crippen LogP contribution in [0.2, 0.25) is 0 Å². The maximum absolute atomic E-state index is 11.6. The van der Waals surface area contributed by atoms with Crippen molar-refractivity contribution in [3.63, 3.8) is 0 Å². The predicted molar refractivity (Wildman–Crippen MR) is 64.8 cm³/mol. The van der Waals surface area contributed by atoms with E-state index >= 15 is 0 Å². The van der Waals surface area contributed by atoms with Gasteiger partial charge in [-0.15, -0.1) is 0 Å². The molecule has 3 rings (SSSR count). The summed E-state index contributed by atoms with van der Waals surface area (Å²) in [4.78, 5) is 11.7. The molecule has 0 saturated carbocycles. The zero-order valence-electron chi connectivity index (χ0n) is 8.64. The van der Waals surface area contributed by atoms with Crippen molar-refractivity contribution < 1.29 is 4.42 Å². The average Bonchev–Trinajstić information content (AvgIpc) is 2.88. The SMILES string of the molecule is Cn1c(=O)sc2cccc(-c3ccoc3)c21. The smallest absolute Gasteiger partial charge is 0.307 e. The van der Waals surface area contributed by atoms with Gasteiger partial charge in [0.2, 0.25) is 0 Å². The third-order valence-electron chi connectivity index (χ3n) is 2.64. The monoisotopic (exact) mass is 231 g/mol. The molecule has 0 aliphatic rings. The first kappa shape index (κ1) is 9.42. The van der Waals surface area contributed by atoms with Crippen LogP contribution in [-0.4, -0.2) is 4.57 Å². The van der Waals surface area contributed by atoms with E-state index in [0.29, 0.717) is 0 Å². The normalized spacial score (nSPS) is 11.1. The lowest BCUT2D eigenvalue weighted by Crippen LogP contribution is -2.07. The molecular weight excluding hydrogens is 222 g/mol. The molecule has 16 heavy (non-hydrogen) atoms. The van der Waals surface area contributed by atoms with Gasteiger partial charge in [-0.3, -0.25) is 4.79 Å². The predicted octanol–water partition coefficient (Wildman–Crippen LogP) is 2.86. The van der Waals surface area contributed by atoms with Crippen molar-refractivity contribution in [1.29, 1.82) is 0 Å². The number of fused-ring (bicyclic) bond motifs is 1. The molecular formula is C12H9NO2S. The highest BCUT2D eigenvalue weighted by molar-refractivity contribution is 7.16. The summed E-state index contributed by atoms with van der Waals surface area (Å²) in [7, 11) is 1.80. The van der Waals surface area contributed by atoms with Crippen LogP contribution in [0.25, 0.3) is 21.3 Å². The molecule has 0 atom stereocenters. The topological polar surface area (TPSA) is 35.1 Å². The van der Waals surface area contributed by atoms with Crippen molar-refractivity contribution in [2.24, 2.45) is 7.05 Å². The van der Waals surface area contributed by atoms with E-state index < -0.39 is 0 Å². The van der Waals surface area contributed by atoms with Gasteiger partial charge in [0, 0.05) is 18.2 Å². The molecule has 0 saturated heterocycles. The van der Waals surface area contributed by atoms with Crippen LogP contribution >= 0.6 is 11.3 Å². The quantitative estimate of drug-likeness (QED) is 0.645. The summed E-state index contributed by atoms with van der Waals surface area (Å²) in [6, 6.07) is 7.82. The van der Waals surface area contributed by atoms with Crippen LogP contribution in [-0.2, 0) is 7.05 Å². The summed E-state index contributed by atoms with van der Waals surface area (Å²) in [5.74, 6) is 0. The summed E-state index contributed by atoms with van der Waals surface area (Å²) in [6.07, 6.45) is 3.33. The van der Waals surface area contributed by atoms with Gasteiger partial charge in [0.15, 0.2) is 0 Å². The fourth-order valence-corrected chi connectivity index (χ4v) is 2.76. The molecule has 80 valence electrons. The highest BCUT2D eigenvalue weighted by Crippen LogP contribution is 2.29. The molecule has 3 aromatic rings. The van der Waals surface area contributed by atoms with E-state index in [9.17, 15) is 4.79 Å². The van der Waals surface area contributed by atoms with Crippen molar-refractivity contribution in [3.8, 4) is 11.1 Å². The van der Waals surface area contributed by atoms with Crippen LogP contribution in [0.1, 0.15) is 0 Å². The summed E-state index contributed by atoms with van der Waals surface area (Å²) in [5.41, 5.74) is 3.00. The molecule has 0 radical (unpaired) electrons. The minimum atomic E-state index is 0.0611. The lowest BCUT2D eigenvalue weighted by Gasteiger charge is -2.01. The van der Waals surface area contributed by atoms with Crippen LogP contribution < -0.4 is 4.87 Å². The molecule has 4 heteroatoms. The summed E-state index contributed by atoms with van der Waals surface area (Å²) in [6.45, 7) is 0. The number of hydrogen-bond donors (Lipinski definition) is 0. The number of aryl methyl sites for hydroxylation is 1. The van der Waals surface area contributed by atoms with Crippen molar-refractivity contribution in [1.82, 2.24) is 4.57 Å². The highest BCUT2D eigenvalue weighted by Gasteiger charge is 2.10. The molecule has 0 amide bonds. The van der Waals surface area contributed by atoms with Gasteiger partial charge < -0.3 is 8.98 Å². The van der Waals surface area contributed by atoms with E-state index in [1.807, 2.05) is 24.3 Å². The van der Waals surface area contributed by atoms with Gasteiger partial charge in [-0.05, 0) is 12.1 Å². The number of nitrogens with zero attached hydrogens (tertiary/aromatic N) is 1. The third-order valence-corrected chi connectivity index (χ3v) is 3.64. The Hall–Kier alpha value is -1.81. The van der Waals surface area contributed by atoms with Gasteiger partial charge in [0.25, 0.3) is 0 Å². The van der Waals surface area contributed by atoms with E-state index in [1.165, 1.54) is 11.3 Å². The first-order valence-corrected chi connectivity index (χ1v) is 5.70. The van der Waals surface area contributed by atoms with Gasteiger partial charge in [0.05, 0.1) is 22.7 Å². The van der Waals surface area contributed by atoms with Crippen LogP contribution in [0.15, 0.2) is 46.0 Å². The molecule has 0 fully saturated rings. The van der Waals surface area contributed by atoms with Crippen molar-refractivity contribution in [3.05, 3.63) is 46.5 Å². The van der Waals surface area contributed by atoms with E-state index in [4.69, 9.17) is 4.42 Å². The standard InChI is InChI=1S/C12H9NO2S/c1-13-11-9(8-5-6-15-7-8)3-2-4-10(11)16-12(13)14/h2-7H,1H3. The molecule has 3 nitrogen and oxygen atoms in total. The second-order valence-corrected chi connectivity index (χ2v) is 4.58. The fraction of sp³-hybridized carbons (Fsp3) is 0.0833. The van der Waals surface area contributed by atoms with Crippen LogP contribution in [0, 0.1) is 0 Å². The lowest BCUT2D eigenvalue weighted by atomic mass is 10.1. The fourth-order valence-electron chi connectivity index (χ4n) is 1.86. The zero-order valence-corrected chi connectivity index (χ0v) is 9.45. The van der Waals surface area contributed by atoms with Crippen molar-refractivity contribution in [2.45, 2.75) is 0 Å². The Kier molecular flexibility index (Phi) is 1.97. The van der Waals surface area contributed by atoms with Crippen LogP contribution in [0.3, 0.4) is 0 Å². The minimum Gasteiger partial charge on any atom is -0.472 e. The van der Waals surface area contributed by atoms with E-state index in [-0.39, 0.29) is 4.87 Å². The first-order chi connectivity index (χ1) is 7.77. The van der Waals surface area contributed by atoms with E-state index in [0.717, 1.165) is 21.3 Å². The Balaban J connectivity index is 2.45. The third kappa shape index (κ3) is 1.23. The largest absolute Gasteiger partial charge is 0.472 e. The maximum Gasteiger partial charge on any atom is 0.307 e. The number of aromatic nitrogens is 1. The van der Waals surface area contributed by atoms with Crippen molar-refractivity contribution in [2.75, 3.05) is 0 Å². The Labute approximate surface area is 95.6 Å². The maximum atomic E-state index is 11.6. The molecule has 2 aromatic heterocycles. The second-order valence-electron chi connectivity index (χ2n) is 3.59. The molecule has 0 bridgehead atoms. The number of rotatable bonds is 1. The number of thiazole rings is 1. The number of hydrogen-bond acceptors (Lipinski definition) is 3. The Morgan fingerprint density at radius 1 is 1.31 bits per heavy atom. The molecule has 0 spiro atoms. The van der Waals surface area contributed by atoms with Gasteiger partial charge in [-0.25, -0.2) is 0 Å². The van der Waals surface area contributed by atoms with Gasteiger partial charge in [-0.1, -0.05) is 23.5 Å². The molecule has 0 unspecified atom stereocenters. The minimum absolute atomic E-state index is 0.0611. The Morgan fingerprint density at radius 2 is 2.19 bits per heavy atom. The zero-order chi connectivity index (χ0) is 11.1. The number of para-hydroxylation sites is 1.